The van der Waals surface area contributed by atoms with Crippen LogP contribution in [0.25, 0.3) is 49.0 Å². The van der Waals surface area contributed by atoms with Gasteiger partial charge in [-0.15, -0.1) is 0 Å². The predicted molar refractivity (Wildman–Crippen MR) is 274 cm³/mol. The van der Waals surface area contributed by atoms with Crippen molar-refractivity contribution in [2.24, 2.45) is 0 Å². The first-order valence-electron chi connectivity index (χ1n) is 22.7. The Kier molecular flexibility index (Phi) is 10.3. The summed E-state index contributed by atoms with van der Waals surface area (Å²) in [5, 5.41) is 7.86. The fourth-order valence-corrected chi connectivity index (χ4v) is 10.2. The molecule has 1 aliphatic carbocycles. The molecule has 0 aromatic heterocycles. The second-order valence-electron chi connectivity index (χ2n) is 18.3. The van der Waals surface area contributed by atoms with Crippen molar-refractivity contribution >= 4 is 72.0 Å². The number of hydrogen-bond acceptors (Lipinski definition) is 2. The number of nitrogens with zero attached hydrogens (tertiary/aromatic N) is 2. The molecule has 0 aliphatic heterocycles. The number of aryl methyl sites for hydroxylation is 4. The molecule has 0 N–H and O–H groups in total. The van der Waals surface area contributed by atoms with Crippen LogP contribution in [0.2, 0.25) is 0 Å². The average molecular weight is 817 g/mol. The van der Waals surface area contributed by atoms with Crippen LogP contribution in [-0.4, -0.2) is 0 Å². The number of para-hydroxylation sites is 2. The molecule has 0 saturated carbocycles. The smallest absolute Gasteiger partial charge is 0.0543 e. The van der Waals surface area contributed by atoms with Crippen LogP contribution in [0.4, 0.5) is 34.1 Å². The first kappa shape index (κ1) is 40.2. The van der Waals surface area contributed by atoms with Crippen molar-refractivity contribution in [3.05, 3.63) is 209 Å². The normalized spacial score (nSPS) is 12.7. The van der Waals surface area contributed by atoms with E-state index in [4.69, 9.17) is 0 Å². The first-order valence-corrected chi connectivity index (χ1v) is 22.7. The summed E-state index contributed by atoms with van der Waals surface area (Å²) in [6.45, 7) is 18.4. The first-order chi connectivity index (χ1) is 30.6. The minimum atomic E-state index is 0.299. The van der Waals surface area contributed by atoms with Crippen LogP contribution in [0, 0.1) is 27.7 Å². The molecule has 0 unspecified atom stereocenters. The van der Waals surface area contributed by atoms with E-state index in [2.05, 4.69) is 235 Å². The highest BCUT2D eigenvalue weighted by Gasteiger charge is 2.28. The number of rotatable bonds is 10. The SMILES string of the molecule is Cc1ccccc1N(c1ccc(C2=CC=CC2)cc1C)c1cc(C(C)C)c2ccc3c(N(c4ccccc4C)c4ccc(-c5ccccc5)cc4C)cc(C(C)C)c4ccc1c2c43. The van der Waals surface area contributed by atoms with Gasteiger partial charge in [-0.25, -0.2) is 0 Å². The maximum absolute atomic E-state index is 2.55. The van der Waals surface area contributed by atoms with Crippen molar-refractivity contribution in [2.75, 3.05) is 9.80 Å². The number of hydrogen-bond donors (Lipinski definition) is 0. The van der Waals surface area contributed by atoms with Gasteiger partial charge in [0.1, 0.15) is 0 Å². The average Bonchev–Trinajstić information content (AvgIpc) is 3.84. The van der Waals surface area contributed by atoms with Crippen LogP contribution in [-0.2, 0) is 0 Å². The van der Waals surface area contributed by atoms with E-state index in [0.717, 1.165) is 6.42 Å². The standard InChI is InChI=1S/C61H56N2/c1-38(2)52-36-58(62(54-24-16-12-18-40(54)5)56-32-26-46(34-42(56)7)44-20-10-9-11-21-44)50-30-28-49-53(39(3)4)37-59(51-31-29-48(52)60(50)61(49)51)63(55-25-17-13-19-41(55)6)57-33-27-47(35-43(57)8)45-22-14-15-23-45/h9-22,24-39H,23H2,1-8H3. The molecule has 0 atom stereocenters. The molecule has 9 aromatic carbocycles. The van der Waals surface area contributed by atoms with Gasteiger partial charge in [0.15, 0.2) is 0 Å². The van der Waals surface area contributed by atoms with Gasteiger partial charge < -0.3 is 9.80 Å². The van der Waals surface area contributed by atoms with E-state index in [-0.39, 0.29) is 0 Å². The minimum Gasteiger partial charge on any atom is -0.309 e. The monoisotopic (exact) mass is 816 g/mol. The Morgan fingerprint density at radius 2 is 0.825 bits per heavy atom. The quantitative estimate of drug-likeness (QED) is 0.127. The van der Waals surface area contributed by atoms with Crippen LogP contribution < -0.4 is 9.80 Å². The zero-order valence-corrected chi connectivity index (χ0v) is 37.9. The van der Waals surface area contributed by atoms with Crippen molar-refractivity contribution in [1.82, 2.24) is 0 Å². The summed E-state index contributed by atoms with van der Waals surface area (Å²) in [5.74, 6) is 0.600. The molecule has 9 aromatic rings. The Morgan fingerprint density at radius 3 is 1.29 bits per heavy atom. The van der Waals surface area contributed by atoms with Gasteiger partial charge in [0, 0.05) is 33.5 Å². The van der Waals surface area contributed by atoms with Crippen LogP contribution in [0.3, 0.4) is 0 Å². The summed E-state index contributed by atoms with van der Waals surface area (Å²) < 4.78 is 0. The fourth-order valence-electron chi connectivity index (χ4n) is 10.2. The molecular weight excluding hydrogens is 761 g/mol. The Bertz CT molecular complexity index is 3250. The molecule has 0 amide bonds. The maximum Gasteiger partial charge on any atom is 0.0543 e. The second kappa shape index (κ2) is 16.1. The van der Waals surface area contributed by atoms with Gasteiger partial charge in [-0.2, -0.15) is 0 Å². The van der Waals surface area contributed by atoms with E-state index < -0.39 is 0 Å². The Balaban J connectivity index is 1.29. The van der Waals surface area contributed by atoms with Crippen LogP contribution in [0.1, 0.15) is 84.9 Å². The van der Waals surface area contributed by atoms with Crippen LogP contribution >= 0.6 is 0 Å². The van der Waals surface area contributed by atoms with Gasteiger partial charge in [-0.1, -0.05) is 149 Å². The number of anilines is 6. The van der Waals surface area contributed by atoms with E-state index in [1.807, 2.05) is 0 Å². The lowest BCUT2D eigenvalue weighted by atomic mass is 9.83. The summed E-state index contributed by atoms with van der Waals surface area (Å²) in [6, 6.07) is 57.2. The number of benzene rings is 9. The summed E-state index contributed by atoms with van der Waals surface area (Å²) in [7, 11) is 0. The topological polar surface area (TPSA) is 6.48 Å². The molecule has 10 rings (SSSR count). The molecule has 0 bridgehead atoms. The van der Waals surface area contributed by atoms with Gasteiger partial charge in [0.25, 0.3) is 0 Å². The third-order valence-electron chi connectivity index (χ3n) is 13.5. The van der Waals surface area contributed by atoms with E-state index >= 15 is 0 Å². The maximum atomic E-state index is 2.55. The highest BCUT2D eigenvalue weighted by atomic mass is 15.2. The Labute approximate surface area is 373 Å². The summed E-state index contributed by atoms with van der Waals surface area (Å²) >= 11 is 0. The molecule has 0 radical (unpaired) electrons. The second-order valence-corrected chi connectivity index (χ2v) is 18.3. The van der Waals surface area contributed by atoms with E-state index in [1.165, 1.54) is 122 Å². The lowest BCUT2D eigenvalue weighted by Gasteiger charge is -2.33. The molecule has 2 nitrogen and oxygen atoms in total. The van der Waals surface area contributed by atoms with Crippen molar-refractivity contribution in [3.63, 3.8) is 0 Å². The fraction of sp³-hybridized carbons (Fsp3) is 0.180. The Morgan fingerprint density at radius 1 is 0.381 bits per heavy atom. The van der Waals surface area contributed by atoms with Gasteiger partial charge in [-0.3, -0.25) is 0 Å². The molecule has 0 spiro atoms. The lowest BCUT2D eigenvalue weighted by Crippen LogP contribution is -2.15. The molecule has 0 fully saturated rings. The highest BCUT2D eigenvalue weighted by Crippen LogP contribution is 2.52. The van der Waals surface area contributed by atoms with Gasteiger partial charge in [-0.05, 0) is 172 Å². The van der Waals surface area contributed by atoms with E-state index in [0.29, 0.717) is 11.8 Å². The molecular formula is C61H56N2. The van der Waals surface area contributed by atoms with Crippen molar-refractivity contribution in [3.8, 4) is 11.1 Å². The molecule has 0 heterocycles. The van der Waals surface area contributed by atoms with Crippen molar-refractivity contribution in [1.29, 1.82) is 0 Å². The van der Waals surface area contributed by atoms with Crippen LogP contribution in [0.5, 0.6) is 0 Å². The summed E-state index contributed by atoms with van der Waals surface area (Å²) in [5.41, 5.74) is 20.0. The molecule has 2 heteroatoms. The highest BCUT2D eigenvalue weighted by molar-refractivity contribution is 6.29. The summed E-state index contributed by atoms with van der Waals surface area (Å²) in [4.78, 5) is 5.09. The van der Waals surface area contributed by atoms with E-state index in [1.54, 1.807) is 0 Å². The van der Waals surface area contributed by atoms with Gasteiger partial charge in [0.2, 0.25) is 0 Å². The summed E-state index contributed by atoms with van der Waals surface area (Å²) in [6.07, 6.45) is 7.66. The third kappa shape index (κ3) is 6.90. The third-order valence-corrected chi connectivity index (χ3v) is 13.5. The van der Waals surface area contributed by atoms with E-state index in [9.17, 15) is 0 Å². The van der Waals surface area contributed by atoms with Crippen molar-refractivity contribution < 1.29 is 0 Å². The van der Waals surface area contributed by atoms with Crippen LogP contribution in [0.15, 0.2) is 170 Å². The molecule has 63 heavy (non-hydrogen) atoms. The van der Waals surface area contributed by atoms with Gasteiger partial charge >= 0.3 is 0 Å². The van der Waals surface area contributed by atoms with Crippen molar-refractivity contribution in [2.45, 2.75) is 73.6 Å². The lowest BCUT2D eigenvalue weighted by molar-refractivity contribution is 0.875. The largest absolute Gasteiger partial charge is 0.309 e. The molecule has 0 saturated heterocycles. The van der Waals surface area contributed by atoms with Gasteiger partial charge in [0.05, 0.1) is 11.4 Å². The molecule has 310 valence electrons. The Hall–Kier alpha value is -6.90. The minimum absolute atomic E-state index is 0.299. The zero-order valence-electron chi connectivity index (χ0n) is 37.9. The predicted octanol–water partition coefficient (Wildman–Crippen LogP) is 18.0. The number of allylic oxidation sites excluding steroid dienone is 4. The zero-order chi connectivity index (χ0) is 43.5. The molecule has 1 aliphatic rings.